The number of carboxylic acid groups (broad SMARTS) is 1. The number of aliphatic carboxylic acids is 1. The van der Waals surface area contributed by atoms with Crippen LogP contribution in [0, 0.1) is 11.8 Å². The van der Waals surface area contributed by atoms with Crippen molar-refractivity contribution in [1.29, 1.82) is 0 Å². The van der Waals surface area contributed by atoms with Gasteiger partial charge in [0.25, 0.3) is 0 Å². The molecule has 2 heterocycles. The summed E-state index contributed by atoms with van der Waals surface area (Å²) in [5, 5.41) is 18.3. The first-order valence-electron chi connectivity index (χ1n) is 5.14. The predicted molar refractivity (Wildman–Crippen MR) is 51.4 cm³/mol. The molecule has 6 heteroatoms. The number of aliphatic hydroxyl groups is 1. The highest BCUT2D eigenvalue weighted by Crippen LogP contribution is 2.42. The molecule has 2 aliphatic heterocycles. The van der Waals surface area contributed by atoms with Crippen LogP contribution in [0.25, 0.3) is 0 Å². The molecule has 1 amide bonds. The Kier molecular flexibility index (Phi) is 2.27. The van der Waals surface area contributed by atoms with E-state index in [1.54, 1.807) is 6.92 Å². The molecule has 0 saturated carbocycles. The third-order valence-electron chi connectivity index (χ3n) is 3.49. The van der Waals surface area contributed by atoms with Gasteiger partial charge in [0.2, 0.25) is 5.91 Å². The fourth-order valence-corrected chi connectivity index (χ4v) is 2.69. The van der Waals surface area contributed by atoms with E-state index in [9.17, 15) is 19.5 Å². The number of carbonyl (C=O) groups is 3. The molecule has 2 N–H and O–H groups in total. The number of aliphatic hydroxyl groups excluding tert-OH is 1. The molecule has 2 unspecified atom stereocenters. The molecule has 0 aliphatic carbocycles. The minimum Gasteiger partial charge on any atom is -0.479 e. The number of amides is 1. The molecule has 2 rings (SSSR count). The van der Waals surface area contributed by atoms with Gasteiger partial charge in [0.15, 0.2) is 11.8 Å². The Morgan fingerprint density at radius 2 is 2.00 bits per heavy atom. The van der Waals surface area contributed by atoms with Crippen molar-refractivity contribution in [2.24, 2.45) is 11.8 Å². The standard InChI is InChI=1S/C10H13NO5/c1-3-6-5(4(2)12)9(14)11(6)7(8(3)13)10(15)16/h3-7,12H,1-2H3,(H,15,16)/t3-,4?,5+,6+,7?/m0/s1. The van der Waals surface area contributed by atoms with Crippen molar-refractivity contribution in [1.82, 2.24) is 4.90 Å². The molecule has 16 heavy (non-hydrogen) atoms. The average Bonchev–Trinajstić information content (AvgIpc) is 2.38. The maximum atomic E-state index is 11.7. The van der Waals surface area contributed by atoms with Gasteiger partial charge in [0.05, 0.1) is 18.1 Å². The number of carbonyl (C=O) groups excluding carboxylic acids is 2. The van der Waals surface area contributed by atoms with E-state index in [1.807, 2.05) is 0 Å². The van der Waals surface area contributed by atoms with Crippen molar-refractivity contribution >= 4 is 17.7 Å². The summed E-state index contributed by atoms with van der Waals surface area (Å²) in [6, 6.07) is -1.82. The first kappa shape index (κ1) is 11.1. The lowest BCUT2D eigenvalue weighted by molar-refractivity contribution is -0.171. The fourth-order valence-electron chi connectivity index (χ4n) is 2.69. The van der Waals surface area contributed by atoms with E-state index in [1.165, 1.54) is 6.92 Å². The summed E-state index contributed by atoms with van der Waals surface area (Å²) in [5.74, 6) is -3.34. The SMILES string of the molecule is CC(O)[C@H]1C(=O)N2C(C(=O)O)C(=O)[C@@H](C)[C@H]12. The molecule has 2 aliphatic rings. The molecular weight excluding hydrogens is 214 g/mol. The lowest BCUT2D eigenvalue weighted by Gasteiger charge is -2.46. The highest BCUT2D eigenvalue weighted by atomic mass is 16.4. The largest absolute Gasteiger partial charge is 0.479 e. The van der Waals surface area contributed by atoms with Crippen molar-refractivity contribution in [3.05, 3.63) is 0 Å². The zero-order valence-corrected chi connectivity index (χ0v) is 8.95. The molecule has 0 aromatic heterocycles. The van der Waals surface area contributed by atoms with Crippen molar-refractivity contribution in [2.45, 2.75) is 32.0 Å². The van der Waals surface area contributed by atoms with E-state index in [4.69, 9.17) is 5.11 Å². The van der Waals surface area contributed by atoms with E-state index in [0.717, 1.165) is 4.90 Å². The van der Waals surface area contributed by atoms with Gasteiger partial charge in [-0.15, -0.1) is 0 Å². The first-order valence-corrected chi connectivity index (χ1v) is 5.14. The molecule has 0 aromatic rings. The van der Waals surface area contributed by atoms with Crippen LogP contribution in [0.4, 0.5) is 0 Å². The Bertz CT molecular complexity index is 377. The molecular formula is C10H13NO5. The van der Waals surface area contributed by atoms with Gasteiger partial charge < -0.3 is 15.1 Å². The minimum absolute atomic E-state index is 0.440. The third kappa shape index (κ3) is 1.13. The normalized spacial score (nSPS) is 39.3. The van der Waals surface area contributed by atoms with Gasteiger partial charge in [0.1, 0.15) is 0 Å². The quantitative estimate of drug-likeness (QED) is 0.459. The predicted octanol–water partition coefficient (Wildman–Crippen LogP) is -1.13. The fraction of sp³-hybridized carbons (Fsp3) is 0.700. The molecule has 0 spiro atoms. The van der Waals surface area contributed by atoms with E-state index < -0.39 is 47.7 Å². The van der Waals surface area contributed by atoms with Gasteiger partial charge in [-0.1, -0.05) is 6.92 Å². The van der Waals surface area contributed by atoms with E-state index in [-0.39, 0.29) is 0 Å². The summed E-state index contributed by atoms with van der Waals surface area (Å²) < 4.78 is 0. The number of hydrogen-bond donors (Lipinski definition) is 2. The van der Waals surface area contributed by atoms with Crippen LogP contribution in [0.15, 0.2) is 0 Å². The summed E-state index contributed by atoms with van der Waals surface area (Å²) in [7, 11) is 0. The molecule has 2 saturated heterocycles. The number of ketones is 1. The minimum atomic E-state index is -1.36. The topological polar surface area (TPSA) is 94.9 Å². The number of rotatable bonds is 2. The van der Waals surface area contributed by atoms with Crippen molar-refractivity contribution in [2.75, 3.05) is 0 Å². The van der Waals surface area contributed by atoms with Crippen molar-refractivity contribution in [3.8, 4) is 0 Å². The van der Waals surface area contributed by atoms with Gasteiger partial charge in [-0.2, -0.15) is 0 Å². The van der Waals surface area contributed by atoms with Crippen LogP contribution >= 0.6 is 0 Å². The molecule has 0 aromatic carbocycles. The molecule has 2 fully saturated rings. The number of carboxylic acids is 1. The van der Waals surface area contributed by atoms with E-state index in [0.29, 0.717) is 0 Å². The smallest absolute Gasteiger partial charge is 0.334 e. The molecule has 6 nitrogen and oxygen atoms in total. The summed E-state index contributed by atoms with van der Waals surface area (Å²) in [6.45, 7) is 3.08. The maximum absolute atomic E-state index is 11.7. The number of nitrogens with zero attached hydrogens (tertiary/aromatic N) is 1. The van der Waals surface area contributed by atoms with Gasteiger partial charge in [0, 0.05) is 5.92 Å². The molecule has 0 bridgehead atoms. The first-order chi connectivity index (χ1) is 7.37. The number of fused-ring (bicyclic) bond motifs is 1. The Hall–Kier alpha value is -1.43. The monoisotopic (exact) mass is 227 g/mol. The zero-order chi connectivity index (χ0) is 12.2. The Morgan fingerprint density at radius 1 is 1.44 bits per heavy atom. The average molecular weight is 227 g/mol. The van der Waals surface area contributed by atoms with E-state index >= 15 is 0 Å². The van der Waals surface area contributed by atoms with Crippen molar-refractivity contribution in [3.63, 3.8) is 0 Å². The van der Waals surface area contributed by atoms with Crippen LogP contribution in [-0.2, 0) is 14.4 Å². The van der Waals surface area contributed by atoms with Gasteiger partial charge in [-0.25, -0.2) is 4.79 Å². The van der Waals surface area contributed by atoms with Crippen LogP contribution in [-0.4, -0.2) is 51.0 Å². The van der Waals surface area contributed by atoms with Crippen LogP contribution in [0.1, 0.15) is 13.8 Å². The lowest BCUT2D eigenvalue weighted by atomic mass is 9.79. The van der Waals surface area contributed by atoms with Crippen LogP contribution in [0.2, 0.25) is 0 Å². The number of Topliss-reactive ketones (excluding diaryl/α,β-unsaturated/α-hetero) is 1. The maximum Gasteiger partial charge on any atom is 0.334 e. The highest BCUT2D eigenvalue weighted by molar-refractivity contribution is 6.11. The van der Waals surface area contributed by atoms with Gasteiger partial charge in [-0.05, 0) is 6.92 Å². The second kappa shape index (κ2) is 3.28. The summed E-state index contributed by atoms with van der Waals surface area (Å²) in [4.78, 5) is 35.3. The van der Waals surface area contributed by atoms with Crippen LogP contribution in [0.5, 0.6) is 0 Å². The Labute approximate surface area is 91.8 Å². The van der Waals surface area contributed by atoms with Gasteiger partial charge in [-0.3, -0.25) is 9.59 Å². The highest BCUT2D eigenvalue weighted by Gasteiger charge is 2.64. The summed E-state index contributed by atoms with van der Waals surface area (Å²) in [6.07, 6.45) is -0.850. The molecule has 0 radical (unpaired) electrons. The van der Waals surface area contributed by atoms with E-state index in [2.05, 4.69) is 0 Å². The second-order valence-corrected chi connectivity index (χ2v) is 4.43. The molecule has 5 atom stereocenters. The van der Waals surface area contributed by atoms with Crippen molar-refractivity contribution < 1.29 is 24.6 Å². The van der Waals surface area contributed by atoms with Crippen LogP contribution < -0.4 is 0 Å². The molecule has 88 valence electrons. The van der Waals surface area contributed by atoms with Crippen LogP contribution in [0.3, 0.4) is 0 Å². The third-order valence-corrected chi connectivity index (χ3v) is 3.49. The summed E-state index contributed by atoms with van der Waals surface area (Å²) >= 11 is 0. The number of β-lactam (4-membered cyclic amide) rings is 1. The Balaban J connectivity index is 2.32. The lowest BCUT2D eigenvalue weighted by Crippen LogP contribution is -2.65. The zero-order valence-electron chi connectivity index (χ0n) is 8.95. The summed E-state index contributed by atoms with van der Waals surface area (Å²) in [5.41, 5.74) is 0. The number of hydrogen-bond acceptors (Lipinski definition) is 4. The second-order valence-electron chi connectivity index (χ2n) is 4.43. The van der Waals surface area contributed by atoms with Gasteiger partial charge >= 0.3 is 5.97 Å². The Morgan fingerprint density at radius 3 is 2.44 bits per heavy atom.